The summed E-state index contributed by atoms with van der Waals surface area (Å²) in [4.78, 5) is 46.1. The third-order valence-electron chi connectivity index (χ3n) is 5.32. The van der Waals surface area contributed by atoms with Gasteiger partial charge in [-0.25, -0.2) is 19.4 Å². The minimum absolute atomic E-state index is 0.0963. The summed E-state index contributed by atoms with van der Waals surface area (Å²) >= 11 is 0. The predicted molar refractivity (Wildman–Crippen MR) is 149 cm³/mol. The smallest absolute Gasteiger partial charge is 0.425 e. The second kappa shape index (κ2) is 12.4. The lowest BCUT2D eigenvalue weighted by Gasteiger charge is -2.28. The first-order chi connectivity index (χ1) is 17.8. The van der Waals surface area contributed by atoms with Gasteiger partial charge < -0.3 is 23.8 Å². The number of ether oxygens (including phenoxy) is 4. The molecule has 0 unspecified atom stereocenters. The molecule has 1 aliphatic heterocycles. The molecule has 1 fully saturated rings. The van der Waals surface area contributed by atoms with E-state index in [2.05, 4.69) is 11.6 Å². The maximum absolute atomic E-state index is 13.1. The third-order valence-corrected chi connectivity index (χ3v) is 5.32. The summed E-state index contributed by atoms with van der Waals surface area (Å²) in [6.07, 6.45) is -0.345. The summed E-state index contributed by atoms with van der Waals surface area (Å²) in [5.41, 5.74) is -0.876. The van der Waals surface area contributed by atoms with Crippen molar-refractivity contribution in [3.8, 4) is 0 Å². The van der Waals surface area contributed by atoms with Crippen molar-refractivity contribution in [3.63, 3.8) is 0 Å². The van der Waals surface area contributed by atoms with E-state index in [-0.39, 0.29) is 17.8 Å². The quantitative estimate of drug-likeness (QED) is 0.313. The van der Waals surface area contributed by atoms with Gasteiger partial charge in [0, 0.05) is 18.2 Å². The highest BCUT2D eigenvalue weighted by Crippen LogP contribution is 2.28. The first-order valence-electron chi connectivity index (χ1n) is 13.2. The zero-order valence-electron chi connectivity index (χ0n) is 25.1. The molecule has 0 radical (unpaired) electrons. The first-order valence-corrected chi connectivity index (χ1v) is 13.2. The number of likely N-dealkylation sites (tertiary alicyclic amines) is 1. The maximum atomic E-state index is 13.1. The molecule has 0 aliphatic carbocycles. The zero-order valence-corrected chi connectivity index (χ0v) is 25.1. The summed E-state index contributed by atoms with van der Waals surface area (Å²) < 4.78 is 22.6. The largest absolute Gasteiger partial charge is 0.444 e. The van der Waals surface area contributed by atoms with Crippen molar-refractivity contribution in [1.29, 1.82) is 0 Å². The van der Waals surface area contributed by atoms with Crippen molar-refractivity contribution in [2.75, 3.05) is 24.6 Å². The summed E-state index contributed by atoms with van der Waals surface area (Å²) in [7, 11) is 0. The van der Waals surface area contributed by atoms with Crippen LogP contribution in [0.5, 0.6) is 0 Å². The van der Waals surface area contributed by atoms with Crippen LogP contribution in [0.3, 0.4) is 0 Å². The van der Waals surface area contributed by atoms with Crippen molar-refractivity contribution < 1.29 is 33.3 Å². The summed E-state index contributed by atoms with van der Waals surface area (Å²) in [5, 5.41) is 0. The molecule has 0 N–H and O–H groups in total. The Morgan fingerprint density at radius 2 is 1.49 bits per heavy atom. The van der Waals surface area contributed by atoms with Crippen molar-refractivity contribution in [1.82, 2.24) is 9.88 Å². The number of aryl methyl sites for hydroxylation is 1. The van der Waals surface area contributed by atoms with E-state index in [0.717, 1.165) is 10.5 Å². The molecular formula is C29H45N3O7. The van der Waals surface area contributed by atoms with Crippen molar-refractivity contribution in [2.45, 2.75) is 98.6 Å². The Morgan fingerprint density at radius 3 is 1.97 bits per heavy atom. The van der Waals surface area contributed by atoms with Gasteiger partial charge in [0.15, 0.2) is 0 Å². The SMILES string of the molecule is C=CCO[C@H]1CN(C(=O)OC(C)(C)C)C[C@H]1Cc1cc(C)cc(N(C(=O)OC(C)(C)C)C(=O)OC(C)(C)C)n1. The zero-order chi connectivity index (χ0) is 29.8. The molecule has 2 atom stereocenters. The Morgan fingerprint density at radius 1 is 0.949 bits per heavy atom. The van der Waals surface area contributed by atoms with Crippen LogP contribution in [0.4, 0.5) is 20.2 Å². The molecule has 0 bridgehead atoms. The average Bonchev–Trinajstić information content (AvgIpc) is 3.10. The number of rotatable bonds is 6. The van der Waals surface area contributed by atoms with Gasteiger partial charge in [-0.1, -0.05) is 6.08 Å². The predicted octanol–water partition coefficient (Wildman–Crippen LogP) is 6.05. The molecule has 10 nitrogen and oxygen atoms in total. The second-order valence-corrected chi connectivity index (χ2v) is 12.8. The Hall–Kier alpha value is -3.14. The number of carbonyl (C=O) groups excluding carboxylic acids is 3. The van der Waals surface area contributed by atoms with Crippen LogP contribution < -0.4 is 4.90 Å². The summed E-state index contributed by atoms with van der Waals surface area (Å²) in [6.45, 7) is 22.4. The highest BCUT2D eigenvalue weighted by molar-refractivity contribution is 6.08. The molecule has 1 saturated heterocycles. The molecule has 3 amide bonds. The lowest BCUT2D eigenvalue weighted by molar-refractivity contribution is 0.0225. The van der Waals surface area contributed by atoms with Gasteiger partial charge in [-0.15, -0.1) is 6.58 Å². The molecule has 0 aromatic carbocycles. The Labute approximate surface area is 232 Å². The Bertz CT molecular complexity index is 1020. The van der Waals surface area contributed by atoms with Crippen LogP contribution in [0.2, 0.25) is 0 Å². The lowest BCUT2D eigenvalue weighted by Crippen LogP contribution is -2.44. The average molecular weight is 548 g/mol. The molecule has 39 heavy (non-hydrogen) atoms. The molecule has 10 heteroatoms. The van der Waals surface area contributed by atoms with Crippen LogP contribution in [-0.4, -0.2) is 70.8 Å². The van der Waals surface area contributed by atoms with E-state index >= 15 is 0 Å². The van der Waals surface area contributed by atoms with Crippen molar-refractivity contribution in [3.05, 3.63) is 36.0 Å². The molecule has 2 heterocycles. The van der Waals surface area contributed by atoms with Gasteiger partial charge in [0.25, 0.3) is 0 Å². The van der Waals surface area contributed by atoms with Crippen LogP contribution in [0.25, 0.3) is 0 Å². The molecule has 0 saturated carbocycles. The van der Waals surface area contributed by atoms with Crippen LogP contribution in [0.1, 0.15) is 73.6 Å². The molecule has 1 aliphatic rings. The standard InChI is InChI=1S/C29H45N3O7/c1-12-13-36-22-18-31(24(33)37-27(3,4)5)17-20(22)16-21-14-19(2)15-23(30-21)32(25(34)38-28(6,7)8)26(35)39-29(9,10)11/h12,14-15,20,22H,1,13,16-18H2,2-11H3/t20-,22+/m1/s1. The molecule has 2 rings (SSSR count). The number of hydrogen-bond donors (Lipinski definition) is 0. The first kappa shape index (κ1) is 32.1. The van der Waals surface area contributed by atoms with Crippen molar-refractivity contribution in [2.24, 2.45) is 5.92 Å². The van der Waals surface area contributed by atoms with Crippen LogP contribution in [0, 0.1) is 12.8 Å². The van der Waals surface area contributed by atoms with Gasteiger partial charge in [0.2, 0.25) is 0 Å². The highest BCUT2D eigenvalue weighted by atomic mass is 16.6. The van der Waals surface area contributed by atoms with Gasteiger partial charge >= 0.3 is 18.3 Å². The van der Waals surface area contributed by atoms with Crippen LogP contribution >= 0.6 is 0 Å². The fraction of sp³-hybridized carbons (Fsp3) is 0.655. The van der Waals surface area contributed by atoms with Crippen molar-refractivity contribution >= 4 is 24.1 Å². The van der Waals surface area contributed by atoms with Gasteiger partial charge in [0.05, 0.1) is 19.3 Å². The van der Waals surface area contributed by atoms with E-state index < -0.39 is 35.1 Å². The van der Waals surface area contributed by atoms with E-state index in [9.17, 15) is 14.4 Å². The second-order valence-electron chi connectivity index (χ2n) is 12.8. The number of imide groups is 1. The number of pyridine rings is 1. The van der Waals surface area contributed by atoms with E-state index in [0.29, 0.717) is 31.8 Å². The van der Waals surface area contributed by atoms with Gasteiger partial charge in [-0.3, -0.25) is 0 Å². The highest BCUT2D eigenvalue weighted by Gasteiger charge is 2.39. The molecule has 1 aromatic heterocycles. The number of anilines is 1. The molecule has 0 spiro atoms. The Kier molecular flexibility index (Phi) is 10.2. The minimum atomic E-state index is -0.884. The van der Waals surface area contributed by atoms with Crippen LogP contribution in [0.15, 0.2) is 24.8 Å². The summed E-state index contributed by atoms with van der Waals surface area (Å²) in [5.74, 6) is -0.00447. The molecular weight excluding hydrogens is 502 g/mol. The van der Waals surface area contributed by atoms with E-state index in [1.54, 1.807) is 58.6 Å². The fourth-order valence-corrected chi connectivity index (χ4v) is 3.98. The number of hydrogen-bond acceptors (Lipinski definition) is 8. The number of nitrogens with zero attached hydrogens (tertiary/aromatic N) is 3. The van der Waals surface area contributed by atoms with Gasteiger partial charge in [-0.05, 0) is 93.4 Å². The fourth-order valence-electron chi connectivity index (χ4n) is 3.98. The number of amides is 3. The molecule has 218 valence electrons. The third kappa shape index (κ3) is 10.5. The summed E-state index contributed by atoms with van der Waals surface area (Å²) in [6, 6.07) is 3.51. The number of carbonyl (C=O) groups is 3. The molecule has 1 aromatic rings. The van der Waals surface area contributed by atoms with E-state index in [1.165, 1.54) is 0 Å². The minimum Gasteiger partial charge on any atom is -0.444 e. The number of aromatic nitrogens is 1. The van der Waals surface area contributed by atoms with Crippen LogP contribution in [-0.2, 0) is 25.4 Å². The monoisotopic (exact) mass is 547 g/mol. The topological polar surface area (TPSA) is 108 Å². The van der Waals surface area contributed by atoms with Gasteiger partial charge in [-0.2, -0.15) is 4.90 Å². The lowest BCUT2D eigenvalue weighted by atomic mass is 9.98. The van der Waals surface area contributed by atoms with E-state index in [4.69, 9.17) is 18.9 Å². The maximum Gasteiger partial charge on any atom is 0.425 e. The normalized spacial score (nSPS) is 17.9. The Balaban J connectivity index is 2.39. The van der Waals surface area contributed by atoms with Gasteiger partial charge in [0.1, 0.15) is 22.6 Å². The van der Waals surface area contributed by atoms with E-state index in [1.807, 2.05) is 33.8 Å².